The van der Waals surface area contributed by atoms with Crippen LogP contribution in [-0.2, 0) is 5.79 Å². The zero-order valence-corrected chi connectivity index (χ0v) is 12.8. The van der Waals surface area contributed by atoms with E-state index in [9.17, 15) is 4.39 Å². The fourth-order valence-corrected chi connectivity index (χ4v) is 3.13. The number of rotatable bonds is 3. The third-order valence-electron chi connectivity index (χ3n) is 4.26. The van der Waals surface area contributed by atoms with Crippen molar-refractivity contribution in [1.82, 2.24) is 9.97 Å². The Kier molecular flexibility index (Phi) is 3.03. The third-order valence-corrected chi connectivity index (χ3v) is 4.26. The molecular formula is C18H14F2N4. The van der Waals surface area contributed by atoms with Gasteiger partial charge in [-0.05, 0) is 18.1 Å². The molecule has 1 aromatic heterocycles. The summed E-state index contributed by atoms with van der Waals surface area (Å²) < 4.78 is 30.1. The molecule has 1 unspecified atom stereocenters. The van der Waals surface area contributed by atoms with Gasteiger partial charge in [-0.25, -0.2) is 13.8 Å². The van der Waals surface area contributed by atoms with Crippen molar-refractivity contribution in [3.8, 4) is 11.1 Å². The van der Waals surface area contributed by atoms with Crippen LogP contribution in [0.5, 0.6) is 0 Å². The van der Waals surface area contributed by atoms with Crippen molar-refractivity contribution in [2.24, 2.45) is 0 Å². The molecule has 0 spiro atoms. The van der Waals surface area contributed by atoms with Crippen LogP contribution in [0.25, 0.3) is 11.1 Å². The van der Waals surface area contributed by atoms with E-state index in [1.54, 1.807) is 24.3 Å². The lowest BCUT2D eigenvalue weighted by Gasteiger charge is -2.11. The molecule has 4 nitrogen and oxygen atoms in total. The van der Waals surface area contributed by atoms with E-state index in [0.29, 0.717) is 16.7 Å². The maximum Gasteiger partial charge on any atom is 0.235 e. The lowest BCUT2D eigenvalue weighted by molar-refractivity contribution is 0.331. The summed E-state index contributed by atoms with van der Waals surface area (Å²) in [5.41, 5.74) is 7.82. The largest absolute Gasteiger partial charge is 0.396 e. The molecule has 0 amide bonds. The topological polar surface area (TPSA) is 63.8 Å². The van der Waals surface area contributed by atoms with Crippen LogP contribution in [0.15, 0.2) is 48.9 Å². The number of nitrogens with two attached hydrogens (primary N) is 1. The molecule has 1 heterocycles. The molecule has 4 rings (SSSR count). The highest BCUT2D eigenvalue weighted by molar-refractivity contribution is 5.90. The van der Waals surface area contributed by atoms with E-state index in [1.165, 1.54) is 25.5 Å². The molecule has 1 aliphatic rings. The van der Waals surface area contributed by atoms with Gasteiger partial charge in [0.1, 0.15) is 11.6 Å². The molecule has 1 aliphatic carbocycles. The number of nitrogen functional groups attached to an aromatic ring is 1. The number of hydrogen-bond acceptors (Lipinski definition) is 4. The minimum Gasteiger partial charge on any atom is -0.396 e. The van der Waals surface area contributed by atoms with E-state index >= 15 is 4.39 Å². The Bertz CT molecular complexity index is 929. The van der Waals surface area contributed by atoms with Crippen LogP contribution in [-0.4, -0.2) is 9.97 Å². The van der Waals surface area contributed by atoms with Gasteiger partial charge in [-0.1, -0.05) is 30.3 Å². The minimum absolute atomic E-state index is 0.0436. The highest BCUT2D eigenvalue weighted by atomic mass is 19.1. The molecule has 2 aromatic carbocycles. The normalized spacial score (nSPS) is 18.1. The number of alkyl halides is 1. The van der Waals surface area contributed by atoms with E-state index in [2.05, 4.69) is 15.3 Å². The number of hydrogen-bond donors (Lipinski definition) is 2. The summed E-state index contributed by atoms with van der Waals surface area (Å²) in [6.45, 7) is 1.53. The molecule has 0 bridgehead atoms. The molecule has 120 valence electrons. The first-order valence-corrected chi connectivity index (χ1v) is 7.45. The summed E-state index contributed by atoms with van der Waals surface area (Å²) in [7, 11) is 0. The summed E-state index contributed by atoms with van der Waals surface area (Å²) in [6.07, 6.45) is 4.37. The zero-order valence-electron chi connectivity index (χ0n) is 12.8. The number of benzene rings is 2. The zero-order chi connectivity index (χ0) is 16.9. The Morgan fingerprint density at radius 1 is 1.12 bits per heavy atom. The monoisotopic (exact) mass is 324 g/mol. The molecule has 6 heteroatoms. The Hall–Kier alpha value is -3.02. The first kappa shape index (κ1) is 14.6. The van der Waals surface area contributed by atoms with Gasteiger partial charge in [-0.2, -0.15) is 0 Å². The molecule has 0 saturated heterocycles. The second-order valence-electron chi connectivity index (χ2n) is 5.72. The van der Waals surface area contributed by atoms with E-state index in [4.69, 9.17) is 5.73 Å². The van der Waals surface area contributed by atoms with Crippen LogP contribution >= 0.6 is 0 Å². The van der Waals surface area contributed by atoms with Gasteiger partial charge in [-0.3, -0.25) is 4.98 Å². The van der Waals surface area contributed by atoms with E-state index < -0.39 is 11.6 Å². The predicted octanol–water partition coefficient (Wildman–Crippen LogP) is 3.77. The number of fused-ring (bicyclic) bond motifs is 1. The van der Waals surface area contributed by atoms with Crippen LogP contribution < -0.4 is 11.1 Å². The molecule has 0 saturated carbocycles. The molecule has 3 aromatic rings. The first-order valence-electron chi connectivity index (χ1n) is 7.45. The number of halogens is 2. The highest BCUT2D eigenvalue weighted by Gasteiger charge is 2.57. The number of anilines is 2. The van der Waals surface area contributed by atoms with Crippen molar-refractivity contribution in [2.75, 3.05) is 11.1 Å². The Balaban J connectivity index is 1.88. The lowest BCUT2D eigenvalue weighted by Crippen LogP contribution is -2.16. The maximum absolute atomic E-state index is 15.5. The van der Waals surface area contributed by atoms with Crippen LogP contribution in [0.1, 0.15) is 16.7 Å². The number of nitrogens with one attached hydrogen (secondary N) is 1. The first-order chi connectivity index (χ1) is 11.5. The van der Waals surface area contributed by atoms with Gasteiger partial charge in [-0.15, -0.1) is 0 Å². The van der Waals surface area contributed by atoms with Crippen molar-refractivity contribution in [1.29, 1.82) is 0 Å². The van der Waals surface area contributed by atoms with E-state index in [-0.39, 0.29) is 22.6 Å². The SMILES string of the molecule is Cc1c(F)c(N)c(-c2ccccc2)c2c1C2(F)Nc1cnccn1. The van der Waals surface area contributed by atoms with Crippen LogP contribution in [0.2, 0.25) is 0 Å². The predicted molar refractivity (Wildman–Crippen MR) is 88.5 cm³/mol. The van der Waals surface area contributed by atoms with Gasteiger partial charge in [0.15, 0.2) is 0 Å². The number of nitrogens with zero attached hydrogens (tertiary/aromatic N) is 2. The quantitative estimate of drug-likeness (QED) is 0.569. The van der Waals surface area contributed by atoms with Crippen molar-refractivity contribution >= 4 is 11.5 Å². The fourth-order valence-electron chi connectivity index (χ4n) is 3.13. The second-order valence-corrected chi connectivity index (χ2v) is 5.72. The van der Waals surface area contributed by atoms with Crippen molar-refractivity contribution in [3.63, 3.8) is 0 Å². The van der Waals surface area contributed by atoms with E-state index in [0.717, 1.165) is 0 Å². The van der Waals surface area contributed by atoms with Gasteiger partial charge in [0.25, 0.3) is 0 Å². The number of aromatic nitrogens is 2. The summed E-state index contributed by atoms with van der Waals surface area (Å²) in [5, 5.41) is 2.70. The second kappa shape index (κ2) is 4.99. The molecule has 0 radical (unpaired) electrons. The van der Waals surface area contributed by atoms with Crippen molar-refractivity contribution in [2.45, 2.75) is 12.7 Å². The summed E-state index contributed by atoms with van der Waals surface area (Å²) in [6, 6.07) is 9.00. The fraction of sp³-hybridized carbons (Fsp3) is 0.111. The van der Waals surface area contributed by atoms with Gasteiger partial charge in [0, 0.05) is 29.1 Å². The summed E-state index contributed by atoms with van der Waals surface area (Å²) >= 11 is 0. The summed E-state index contributed by atoms with van der Waals surface area (Å²) in [5.74, 6) is -2.31. The van der Waals surface area contributed by atoms with E-state index in [1.807, 2.05) is 6.07 Å². The van der Waals surface area contributed by atoms with Crippen LogP contribution in [0, 0.1) is 12.7 Å². The van der Waals surface area contributed by atoms with Crippen molar-refractivity contribution in [3.05, 3.63) is 71.4 Å². The highest BCUT2D eigenvalue weighted by Crippen LogP contribution is 2.59. The molecule has 24 heavy (non-hydrogen) atoms. The molecule has 0 aliphatic heterocycles. The smallest absolute Gasteiger partial charge is 0.235 e. The minimum atomic E-state index is -2.00. The third kappa shape index (κ3) is 1.96. The molecule has 1 atom stereocenters. The van der Waals surface area contributed by atoms with Gasteiger partial charge in [0.05, 0.1) is 11.9 Å². The molecule has 0 fully saturated rings. The lowest BCUT2D eigenvalue weighted by atomic mass is 10.0. The van der Waals surface area contributed by atoms with Crippen molar-refractivity contribution < 1.29 is 8.78 Å². The van der Waals surface area contributed by atoms with Crippen LogP contribution in [0.4, 0.5) is 20.3 Å². The average Bonchev–Trinajstić information content (AvgIpc) is 3.19. The maximum atomic E-state index is 15.5. The van der Waals surface area contributed by atoms with Gasteiger partial charge in [0.2, 0.25) is 5.79 Å². The molecule has 3 N–H and O–H groups in total. The Morgan fingerprint density at radius 2 is 1.88 bits per heavy atom. The Labute approximate surface area is 137 Å². The average molecular weight is 324 g/mol. The molecular weight excluding hydrogens is 310 g/mol. The van der Waals surface area contributed by atoms with Gasteiger partial charge < -0.3 is 11.1 Å². The van der Waals surface area contributed by atoms with Gasteiger partial charge >= 0.3 is 0 Å². The van der Waals surface area contributed by atoms with Crippen LogP contribution in [0.3, 0.4) is 0 Å². The standard InChI is InChI=1S/C18H14F2N4/c1-10-14-15(18(14,20)24-12-9-22-7-8-23-12)13(17(21)16(10)19)11-5-3-2-4-6-11/h2-9H,21H2,1H3,(H,23,24). The Morgan fingerprint density at radius 3 is 2.54 bits per heavy atom. The summed E-state index contributed by atoms with van der Waals surface area (Å²) in [4.78, 5) is 7.93.